The molecular weight excluding hydrogens is 440 g/mol. The third-order valence-electron chi connectivity index (χ3n) is 5.03. The molecule has 0 saturated heterocycles. The highest BCUT2D eigenvalue weighted by Crippen LogP contribution is 2.28. The van der Waals surface area contributed by atoms with Gasteiger partial charge in [0.05, 0.1) is 36.3 Å². The highest BCUT2D eigenvalue weighted by atomic mass is 32.2. The molecule has 1 N–H and O–H groups in total. The number of pyridine rings is 2. The summed E-state index contributed by atoms with van der Waals surface area (Å²) in [6.45, 7) is 3.72. The van der Waals surface area contributed by atoms with Gasteiger partial charge in [0.15, 0.2) is 0 Å². The number of ether oxygens (including phenoxy) is 2. The maximum atomic E-state index is 13.5. The third kappa shape index (κ3) is 5.67. The van der Waals surface area contributed by atoms with Crippen LogP contribution in [0.5, 0.6) is 11.5 Å². The van der Waals surface area contributed by atoms with Gasteiger partial charge in [0.1, 0.15) is 22.3 Å². The summed E-state index contributed by atoms with van der Waals surface area (Å²) in [6.07, 6.45) is 1.70. The Kier molecular flexibility index (Phi) is 7.65. The average Bonchev–Trinajstić information content (AvgIpc) is 2.81. The normalized spacial score (nSPS) is 11.6. The van der Waals surface area contributed by atoms with E-state index in [0.717, 1.165) is 16.8 Å². The third-order valence-corrected chi connectivity index (χ3v) is 6.35. The molecule has 1 amide bonds. The molecule has 0 fully saturated rings. The number of nitrogens with one attached hydrogen (secondary N) is 1. The molecule has 1 atom stereocenters. The summed E-state index contributed by atoms with van der Waals surface area (Å²) >= 11 is 0. The molecule has 2 heterocycles. The molecule has 9 heteroatoms. The van der Waals surface area contributed by atoms with E-state index in [1.165, 1.54) is 0 Å². The lowest BCUT2D eigenvalue weighted by Crippen LogP contribution is -2.19. The van der Waals surface area contributed by atoms with Gasteiger partial charge in [-0.15, -0.1) is 0 Å². The summed E-state index contributed by atoms with van der Waals surface area (Å²) in [5, 5.41) is 3.11. The van der Waals surface area contributed by atoms with E-state index >= 15 is 0 Å². The Hall–Kier alpha value is -3.46. The largest absolute Gasteiger partial charge is 0.497 e. The van der Waals surface area contributed by atoms with Crippen molar-refractivity contribution in [3.05, 3.63) is 65.0 Å². The zero-order valence-corrected chi connectivity index (χ0v) is 20.4. The van der Waals surface area contributed by atoms with Crippen molar-refractivity contribution in [2.24, 2.45) is 0 Å². The molecule has 1 aromatic carbocycles. The zero-order chi connectivity index (χ0) is 24.1. The molecule has 0 aliphatic heterocycles. The summed E-state index contributed by atoms with van der Waals surface area (Å²) in [5.41, 5.74) is 3.24. The molecule has 0 saturated carbocycles. The fourth-order valence-corrected chi connectivity index (χ4v) is 4.42. The Balaban J connectivity index is 1.97. The second-order valence-electron chi connectivity index (χ2n) is 7.68. The second kappa shape index (κ2) is 10.4. The Morgan fingerprint density at radius 3 is 2.52 bits per heavy atom. The average molecular weight is 469 g/mol. The summed E-state index contributed by atoms with van der Waals surface area (Å²) in [7, 11) is 5.18. The number of nitrogens with zero attached hydrogens (tertiary/aromatic N) is 3. The molecule has 0 aliphatic carbocycles. The van der Waals surface area contributed by atoms with E-state index in [4.69, 9.17) is 9.47 Å². The van der Waals surface area contributed by atoms with Crippen molar-refractivity contribution in [1.29, 1.82) is 0 Å². The van der Waals surface area contributed by atoms with Crippen LogP contribution in [0.3, 0.4) is 0 Å². The lowest BCUT2D eigenvalue weighted by atomic mass is 10.2. The number of amides is 1. The number of aryl methyl sites for hydroxylation is 2. The van der Waals surface area contributed by atoms with Crippen molar-refractivity contribution in [1.82, 2.24) is 9.97 Å². The van der Waals surface area contributed by atoms with Crippen LogP contribution in [0.25, 0.3) is 0 Å². The minimum absolute atomic E-state index is 0.130. The van der Waals surface area contributed by atoms with Gasteiger partial charge in [-0.25, -0.2) is 4.98 Å². The predicted octanol–water partition coefficient (Wildman–Crippen LogP) is 3.74. The van der Waals surface area contributed by atoms with Gasteiger partial charge in [-0.2, -0.15) is 0 Å². The van der Waals surface area contributed by atoms with Crippen molar-refractivity contribution in [2.75, 3.05) is 38.5 Å². The molecule has 3 rings (SSSR count). The van der Waals surface area contributed by atoms with Crippen molar-refractivity contribution in [3.8, 4) is 11.5 Å². The number of hydrogen-bond acceptors (Lipinski definition) is 7. The molecule has 3 aromatic rings. The topological polar surface area (TPSA) is 93.7 Å². The predicted molar refractivity (Wildman–Crippen MR) is 130 cm³/mol. The van der Waals surface area contributed by atoms with Gasteiger partial charge in [0.2, 0.25) is 0 Å². The van der Waals surface area contributed by atoms with Crippen molar-refractivity contribution in [3.63, 3.8) is 0 Å². The number of benzene rings is 1. The van der Waals surface area contributed by atoms with Gasteiger partial charge in [-0.1, -0.05) is 6.07 Å². The van der Waals surface area contributed by atoms with Gasteiger partial charge >= 0.3 is 0 Å². The van der Waals surface area contributed by atoms with Gasteiger partial charge in [0, 0.05) is 43.3 Å². The minimum atomic E-state index is -1.61. The molecule has 0 aliphatic rings. The number of carbonyl (C=O) groups is 1. The molecule has 8 nitrogen and oxygen atoms in total. The van der Waals surface area contributed by atoms with E-state index in [9.17, 15) is 9.00 Å². The van der Waals surface area contributed by atoms with E-state index in [1.807, 2.05) is 27.9 Å². The smallest absolute Gasteiger partial charge is 0.258 e. The van der Waals surface area contributed by atoms with Crippen LogP contribution < -0.4 is 19.7 Å². The van der Waals surface area contributed by atoms with Crippen molar-refractivity contribution >= 4 is 28.2 Å². The fraction of sp³-hybridized carbons (Fsp3) is 0.292. The lowest BCUT2D eigenvalue weighted by molar-refractivity contribution is 0.102. The van der Waals surface area contributed by atoms with Crippen LogP contribution in [0.15, 0.2) is 47.6 Å². The first-order chi connectivity index (χ1) is 15.7. The van der Waals surface area contributed by atoms with E-state index in [2.05, 4.69) is 15.3 Å². The van der Waals surface area contributed by atoms with Crippen molar-refractivity contribution < 1.29 is 18.5 Å². The van der Waals surface area contributed by atoms with Gasteiger partial charge < -0.3 is 19.7 Å². The van der Waals surface area contributed by atoms with Crippen LogP contribution in [-0.2, 0) is 16.6 Å². The number of anilines is 2. The molecule has 33 heavy (non-hydrogen) atoms. The monoisotopic (exact) mass is 468 g/mol. The quantitative estimate of drug-likeness (QED) is 0.538. The van der Waals surface area contributed by atoms with E-state index in [0.29, 0.717) is 23.0 Å². The van der Waals surface area contributed by atoms with Gasteiger partial charge in [0.25, 0.3) is 5.91 Å². The number of hydrogen-bond donors (Lipinski definition) is 1. The van der Waals surface area contributed by atoms with E-state index in [-0.39, 0.29) is 22.2 Å². The lowest BCUT2D eigenvalue weighted by Gasteiger charge is -2.16. The van der Waals surface area contributed by atoms with E-state index < -0.39 is 10.8 Å². The SMILES string of the molecule is COc1ccc(CS(=O)c2nc(N(C)C)ccc2C(=O)Nc2cc(C)ncc2C)c(OC)c1. The molecule has 2 aromatic heterocycles. The fourth-order valence-electron chi connectivity index (χ4n) is 3.16. The van der Waals surface area contributed by atoms with Gasteiger partial charge in [-0.05, 0) is 43.7 Å². The van der Waals surface area contributed by atoms with Crippen molar-refractivity contribution in [2.45, 2.75) is 24.6 Å². The standard InChI is InChI=1S/C24H28N4O4S/c1-15-13-25-16(2)11-20(15)26-23(29)19-9-10-22(28(3)4)27-24(19)33(30)14-17-7-8-18(31-5)12-21(17)32-6/h7-13H,14H2,1-6H3,(H,25,26,29). The molecule has 1 unspecified atom stereocenters. The zero-order valence-electron chi connectivity index (χ0n) is 19.6. The highest BCUT2D eigenvalue weighted by Gasteiger charge is 2.21. The first-order valence-electron chi connectivity index (χ1n) is 10.3. The van der Waals surface area contributed by atoms with Crippen LogP contribution >= 0.6 is 0 Å². The Bertz CT molecular complexity index is 1200. The molecular formula is C24H28N4O4S. The van der Waals surface area contributed by atoms with Crippen LogP contribution in [0, 0.1) is 13.8 Å². The maximum Gasteiger partial charge on any atom is 0.258 e. The summed E-state index contributed by atoms with van der Waals surface area (Å²) in [4.78, 5) is 23.8. The number of methoxy groups -OCH3 is 2. The van der Waals surface area contributed by atoms with Gasteiger partial charge in [-0.3, -0.25) is 14.0 Å². The Labute approximate surface area is 196 Å². The summed E-state index contributed by atoms with van der Waals surface area (Å²) in [6, 6.07) is 10.5. The number of aromatic nitrogens is 2. The van der Waals surface area contributed by atoms with Crippen LogP contribution in [-0.4, -0.2) is 48.4 Å². The van der Waals surface area contributed by atoms with Crippen LogP contribution in [0.4, 0.5) is 11.5 Å². The number of rotatable bonds is 8. The molecule has 174 valence electrons. The first-order valence-corrected chi connectivity index (χ1v) is 11.6. The van der Waals surface area contributed by atoms with Crippen LogP contribution in [0.2, 0.25) is 0 Å². The maximum absolute atomic E-state index is 13.5. The van der Waals surface area contributed by atoms with E-state index in [1.54, 1.807) is 61.7 Å². The summed E-state index contributed by atoms with van der Waals surface area (Å²) < 4.78 is 24.1. The number of carbonyl (C=O) groups excluding carboxylic acids is 1. The molecule has 0 bridgehead atoms. The Morgan fingerprint density at radius 2 is 1.85 bits per heavy atom. The molecule has 0 radical (unpaired) electrons. The second-order valence-corrected chi connectivity index (χ2v) is 9.05. The first kappa shape index (κ1) is 24.2. The molecule has 0 spiro atoms. The summed E-state index contributed by atoms with van der Waals surface area (Å²) in [5.74, 6) is 1.54. The Morgan fingerprint density at radius 1 is 1.09 bits per heavy atom. The van der Waals surface area contributed by atoms with Crippen LogP contribution in [0.1, 0.15) is 27.2 Å². The minimum Gasteiger partial charge on any atom is -0.497 e. The highest BCUT2D eigenvalue weighted by molar-refractivity contribution is 7.84.